The molecule has 0 saturated carbocycles. The lowest BCUT2D eigenvalue weighted by atomic mass is 10.1. The first-order chi connectivity index (χ1) is 12.5. The van der Waals surface area contributed by atoms with E-state index in [2.05, 4.69) is 53.3 Å². The number of hydrogen-bond acceptors (Lipinski definition) is 5. The van der Waals surface area contributed by atoms with Gasteiger partial charge in [0.15, 0.2) is 5.82 Å². The van der Waals surface area contributed by atoms with E-state index in [1.54, 1.807) is 6.92 Å². The summed E-state index contributed by atoms with van der Waals surface area (Å²) in [6, 6.07) is 8.67. The number of hydrogen-bond donors (Lipinski definition) is 0. The third-order valence-electron chi connectivity index (χ3n) is 5.11. The second-order valence-electron chi connectivity index (χ2n) is 7.27. The molecule has 6 heteroatoms. The average Bonchev–Trinajstić information content (AvgIpc) is 2.87. The minimum absolute atomic E-state index is 0.228. The standard InChI is InChI=1S/C20H28N4O2/c1-15-6-8-17(9-7-15)13-20(25)24-11-4-5-18(10-12-24)23(3)14-19-21-16(2)26-22-19/h6-9,18H,4-5,10-14H2,1-3H3/t18-/m0/s1. The van der Waals surface area contributed by atoms with E-state index >= 15 is 0 Å². The molecule has 0 N–H and O–H groups in total. The van der Waals surface area contributed by atoms with Crippen LogP contribution in [0.4, 0.5) is 0 Å². The molecule has 1 aromatic carbocycles. The molecule has 1 fully saturated rings. The molecule has 0 radical (unpaired) electrons. The smallest absolute Gasteiger partial charge is 0.226 e. The highest BCUT2D eigenvalue weighted by molar-refractivity contribution is 5.78. The number of nitrogens with zero attached hydrogens (tertiary/aromatic N) is 4. The number of aromatic nitrogens is 2. The Kier molecular flexibility index (Phi) is 6.04. The fourth-order valence-electron chi connectivity index (χ4n) is 3.52. The van der Waals surface area contributed by atoms with Crippen molar-refractivity contribution < 1.29 is 9.32 Å². The second kappa shape index (κ2) is 8.45. The molecule has 1 aliphatic heterocycles. The van der Waals surface area contributed by atoms with Crippen molar-refractivity contribution in [3.8, 4) is 0 Å². The highest BCUT2D eigenvalue weighted by Crippen LogP contribution is 2.18. The lowest BCUT2D eigenvalue weighted by molar-refractivity contribution is -0.130. The third kappa shape index (κ3) is 4.91. The van der Waals surface area contributed by atoms with E-state index in [4.69, 9.17) is 4.52 Å². The first-order valence-electron chi connectivity index (χ1n) is 9.34. The quantitative estimate of drug-likeness (QED) is 0.824. The van der Waals surface area contributed by atoms with Gasteiger partial charge in [-0.1, -0.05) is 35.0 Å². The van der Waals surface area contributed by atoms with Gasteiger partial charge in [-0.25, -0.2) is 0 Å². The van der Waals surface area contributed by atoms with Crippen LogP contribution in [0.15, 0.2) is 28.8 Å². The summed E-state index contributed by atoms with van der Waals surface area (Å²) in [6.45, 7) is 6.20. The SMILES string of the molecule is Cc1ccc(CC(=O)N2CCC[C@H](N(C)Cc3noc(C)n3)CC2)cc1. The van der Waals surface area contributed by atoms with Crippen LogP contribution in [0.1, 0.15) is 42.1 Å². The van der Waals surface area contributed by atoms with Crippen molar-refractivity contribution in [1.29, 1.82) is 0 Å². The lowest BCUT2D eigenvalue weighted by Crippen LogP contribution is -2.35. The number of benzene rings is 1. The summed E-state index contributed by atoms with van der Waals surface area (Å²) in [7, 11) is 2.10. The first-order valence-corrected chi connectivity index (χ1v) is 9.34. The Morgan fingerprint density at radius 1 is 1.23 bits per heavy atom. The van der Waals surface area contributed by atoms with Crippen LogP contribution >= 0.6 is 0 Å². The van der Waals surface area contributed by atoms with Crippen LogP contribution in [0.25, 0.3) is 0 Å². The first kappa shape index (κ1) is 18.6. The summed E-state index contributed by atoms with van der Waals surface area (Å²) in [5.41, 5.74) is 2.31. The largest absolute Gasteiger partial charge is 0.342 e. The summed E-state index contributed by atoms with van der Waals surface area (Å²) in [4.78, 5) is 21.2. The maximum absolute atomic E-state index is 12.7. The van der Waals surface area contributed by atoms with Gasteiger partial charge < -0.3 is 9.42 Å². The Morgan fingerprint density at radius 3 is 2.69 bits per heavy atom. The van der Waals surface area contributed by atoms with Crippen molar-refractivity contribution >= 4 is 5.91 Å². The monoisotopic (exact) mass is 356 g/mol. The van der Waals surface area contributed by atoms with Crippen LogP contribution in [0.5, 0.6) is 0 Å². The molecule has 1 aromatic heterocycles. The Bertz CT molecular complexity index is 726. The molecule has 0 bridgehead atoms. The van der Waals surface area contributed by atoms with E-state index in [-0.39, 0.29) is 5.91 Å². The highest BCUT2D eigenvalue weighted by Gasteiger charge is 2.24. The van der Waals surface area contributed by atoms with Gasteiger partial charge in [-0.2, -0.15) is 4.98 Å². The Balaban J connectivity index is 1.52. The zero-order valence-electron chi connectivity index (χ0n) is 15.9. The minimum atomic E-state index is 0.228. The van der Waals surface area contributed by atoms with Gasteiger partial charge in [0.1, 0.15) is 0 Å². The van der Waals surface area contributed by atoms with Crippen LogP contribution in [0, 0.1) is 13.8 Å². The Morgan fingerprint density at radius 2 is 2.00 bits per heavy atom. The molecule has 1 aliphatic rings. The number of rotatable bonds is 5. The van der Waals surface area contributed by atoms with Crippen LogP contribution < -0.4 is 0 Å². The zero-order chi connectivity index (χ0) is 18.5. The fourth-order valence-corrected chi connectivity index (χ4v) is 3.52. The molecule has 26 heavy (non-hydrogen) atoms. The molecule has 1 saturated heterocycles. The van der Waals surface area contributed by atoms with Crippen LogP contribution in [0.3, 0.4) is 0 Å². The molecular weight excluding hydrogens is 328 g/mol. The molecule has 1 amide bonds. The number of likely N-dealkylation sites (tertiary alicyclic amines) is 1. The van der Waals surface area contributed by atoms with Crippen LogP contribution in [-0.2, 0) is 17.8 Å². The van der Waals surface area contributed by atoms with Gasteiger partial charge in [-0.3, -0.25) is 9.69 Å². The third-order valence-corrected chi connectivity index (χ3v) is 5.11. The van der Waals surface area contributed by atoms with Crippen LogP contribution in [-0.4, -0.2) is 52.0 Å². The Hall–Kier alpha value is -2.21. The minimum Gasteiger partial charge on any atom is -0.342 e. The molecule has 0 unspecified atom stereocenters. The maximum atomic E-state index is 12.7. The lowest BCUT2D eigenvalue weighted by Gasteiger charge is -2.26. The predicted molar refractivity (Wildman–Crippen MR) is 99.6 cm³/mol. The molecule has 2 heterocycles. The fraction of sp³-hybridized carbons (Fsp3) is 0.550. The van der Waals surface area contributed by atoms with E-state index in [0.29, 0.717) is 24.9 Å². The zero-order valence-corrected chi connectivity index (χ0v) is 15.9. The summed E-state index contributed by atoms with van der Waals surface area (Å²) in [6.07, 6.45) is 3.58. The average molecular weight is 356 g/mol. The molecule has 6 nitrogen and oxygen atoms in total. The van der Waals surface area contributed by atoms with Crippen molar-refractivity contribution in [2.24, 2.45) is 0 Å². The van der Waals surface area contributed by atoms with Gasteiger partial charge in [0, 0.05) is 26.1 Å². The molecule has 0 aliphatic carbocycles. The number of amides is 1. The summed E-state index contributed by atoms with van der Waals surface area (Å²) < 4.78 is 5.05. The number of aryl methyl sites for hydroxylation is 2. The predicted octanol–water partition coefficient (Wildman–Crippen LogP) is 2.74. The number of carbonyl (C=O) groups is 1. The van der Waals surface area contributed by atoms with E-state index in [1.807, 2.05) is 4.90 Å². The summed E-state index contributed by atoms with van der Waals surface area (Å²) >= 11 is 0. The van der Waals surface area contributed by atoms with Gasteiger partial charge >= 0.3 is 0 Å². The molecule has 1 atom stereocenters. The van der Waals surface area contributed by atoms with Crippen LogP contribution in [0.2, 0.25) is 0 Å². The highest BCUT2D eigenvalue weighted by atomic mass is 16.5. The van der Waals surface area contributed by atoms with Crippen molar-refractivity contribution in [3.05, 3.63) is 47.1 Å². The summed E-state index contributed by atoms with van der Waals surface area (Å²) in [5, 5.41) is 3.98. The molecule has 140 valence electrons. The maximum Gasteiger partial charge on any atom is 0.226 e. The van der Waals surface area contributed by atoms with Gasteiger partial charge in [-0.15, -0.1) is 0 Å². The molecule has 2 aromatic rings. The van der Waals surface area contributed by atoms with Crippen molar-refractivity contribution in [3.63, 3.8) is 0 Å². The van der Waals surface area contributed by atoms with E-state index < -0.39 is 0 Å². The van der Waals surface area contributed by atoms with Crippen molar-refractivity contribution in [2.75, 3.05) is 20.1 Å². The van der Waals surface area contributed by atoms with Crippen molar-refractivity contribution in [2.45, 2.75) is 52.1 Å². The van der Waals surface area contributed by atoms with Gasteiger partial charge in [0.2, 0.25) is 11.8 Å². The van der Waals surface area contributed by atoms with E-state index in [0.717, 1.165) is 43.7 Å². The molecule has 3 rings (SSSR count). The Labute approximate surface area is 155 Å². The van der Waals surface area contributed by atoms with Crippen molar-refractivity contribution in [1.82, 2.24) is 19.9 Å². The normalized spacial score (nSPS) is 18.2. The molecule has 0 spiro atoms. The summed E-state index contributed by atoms with van der Waals surface area (Å²) in [5.74, 6) is 1.55. The topological polar surface area (TPSA) is 62.5 Å². The molecular formula is C20H28N4O2. The van der Waals surface area contributed by atoms with Gasteiger partial charge in [0.25, 0.3) is 0 Å². The number of carbonyl (C=O) groups excluding carboxylic acids is 1. The van der Waals surface area contributed by atoms with E-state index in [9.17, 15) is 4.79 Å². The van der Waals surface area contributed by atoms with Gasteiger partial charge in [0.05, 0.1) is 13.0 Å². The van der Waals surface area contributed by atoms with E-state index in [1.165, 1.54) is 5.56 Å². The van der Waals surface area contributed by atoms with Gasteiger partial charge in [-0.05, 0) is 38.8 Å². The second-order valence-corrected chi connectivity index (χ2v) is 7.27.